The van der Waals surface area contributed by atoms with Gasteiger partial charge in [0.05, 0.1) is 0 Å². The van der Waals surface area contributed by atoms with Crippen molar-refractivity contribution in [2.75, 3.05) is 0 Å². The number of carboxylic acid groups (broad SMARTS) is 2. The zero-order valence-corrected chi connectivity index (χ0v) is 57.9. The molecule has 0 saturated carbocycles. The van der Waals surface area contributed by atoms with E-state index in [4.69, 9.17) is 9.47 Å². The Hall–Kier alpha value is -1.50. The van der Waals surface area contributed by atoms with Gasteiger partial charge in [0.25, 0.3) is 0 Å². The quantitative estimate of drug-likeness (QED) is 0.0334. The van der Waals surface area contributed by atoms with Crippen molar-refractivity contribution in [3.05, 3.63) is 0 Å². The molecule has 2 atom stereocenters. The number of hydrogen-bond donors (Lipinski definition) is 0. The van der Waals surface area contributed by atoms with E-state index >= 15 is 0 Å². The molecule has 0 heterocycles. The third kappa shape index (κ3) is 74.6. The van der Waals surface area contributed by atoms with Crippen LogP contribution in [0.2, 0.25) is 0 Å². The van der Waals surface area contributed by atoms with Crippen LogP contribution in [0.4, 0.5) is 0 Å². The molecule has 0 spiro atoms. The molecular weight excluding hydrogens is 1060 g/mol. The van der Waals surface area contributed by atoms with Gasteiger partial charge in [0.2, 0.25) is 0 Å². The molecule has 0 radical (unpaired) electrons. The first-order chi connectivity index (χ1) is 39.2. The van der Waals surface area contributed by atoms with E-state index < -0.39 is 11.9 Å². The van der Waals surface area contributed by atoms with Gasteiger partial charge in [0, 0.05) is 24.8 Å². The Morgan fingerprint density at radius 2 is 0.407 bits per heavy atom. The third-order valence-electron chi connectivity index (χ3n) is 16.8. The number of unbranched alkanes of at least 4 members (excludes halogenated alkanes) is 50. The summed E-state index contributed by atoms with van der Waals surface area (Å²) in [5, 5.41) is 20.8. The molecule has 476 valence electrons. The molecule has 0 fully saturated rings. The molecule has 0 aromatic heterocycles. The summed E-state index contributed by atoms with van der Waals surface area (Å²) in [4.78, 5) is 45.3. The number of ether oxygens (including phenoxy) is 2. The van der Waals surface area contributed by atoms with Crippen LogP contribution in [0.5, 0.6) is 0 Å². The third-order valence-corrected chi connectivity index (χ3v) is 16.8. The summed E-state index contributed by atoms with van der Waals surface area (Å²) in [7, 11) is 0. The van der Waals surface area contributed by atoms with E-state index in [1.54, 1.807) is 0 Å². The van der Waals surface area contributed by atoms with Gasteiger partial charge in [-0.05, 0) is 77.0 Å². The van der Waals surface area contributed by atoms with Gasteiger partial charge in [0.1, 0.15) is 12.2 Å². The maximum absolute atomic E-state index is 12.3. The van der Waals surface area contributed by atoms with Crippen molar-refractivity contribution < 1.29 is 58.3 Å². The molecule has 81 heavy (non-hydrogen) atoms. The smallest absolute Gasteiger partial charge is 0.550 e. The first kappa shape index (κ1) is 83.7. The number of carbonyl (C=O) groups excluding carboxylic acids is 4. The summed E-state index contributed by atoms with van der Waals surface area (Å²) in [6.45, 7) is 8.83. The van der Waals surface area contributed by atoms with Gasteiger partial charge in [0.15, 0.2) is 0 Å². The van der Waals surface area contributed by atoms with Crippen LogP contribution < -0.4 is 10.2 Å². The largest absolute Gasteiger partial charge is 2.00 e. The Labute approximate surface area is 517 Å². The second kappa shape index (κ2) is 72.8. The van der Waals surface area contributed by atoms with Crippen molar-refractivity contribution in [2.45, 2.75) is 438 Å². The normalized spacial score (nSPS) is 11.9. The molecule has 2 unspecified atom stereocenters. The van der Waals surface area contributed by atoms with Crippen molar-refractivity contribution in [2.24, 2.45) is 0 Å². The summed E-state index contributed by atoms with van der Waals surface area (Å²) in [5.41, 5.74) is 0. The van der Waals surface area contributed by atoms with Crippen molar-refractivity contribution in [3.63, 3.8) is 0 Å². The minimum atomic E-state index is -0.920. The van der Waals surface area contributed by atoms with E-state index in [1.807, 2.05) is 0 Å². The van der Waals surface area contributed by atoms with Crippen LogP contribution in [0.25, 0.3) is 0 Å². The van der Waals surface area contributed by atoms with E-state index in [-0.39, 0.29) is 56.5 Å². The molecule has 0 saturated heterocycles. The number of hydrogen-bond acceptors (Lipinski definition) is 8. The molecule has 0 bridgehead atoms. The fourth-order valence-electron chi connectivity index (χ4n) is 11.3. The van der Waals surface area contributed by atoms with Crippen LogP contribution in [0.15, 0.2) is 0 Å². The van der Waals surface area contributed by atoms with Crippen LogP contribution in [0, 0.1) is 0 Å². The van der Waals surface area contributed by atoms with Crippen LogP contribution in [-0.4, -0.2) is 36.1 Å². The van der Waals surface area contributed by atoms with Gasteiger partial charge in [-0.2, -0.15) is 0 Å². The Balaban J connectivity index is -0.00000148. The summed E-state index contributed by atoms with van der Waals surface area (Å²) < 4.78 is 11.5. The molecule has 0 aliphatic rings. The monoisotopic (exact) mass is 1190 g/mol. The topological polar surface area (TPSA) is 133 Å². The van der Waals surface area contributed by atoms with E-state index in [1.165, 1.54) is 270 Å². The fourth-order valence-corrected chi connectivity index (χ4v) is 11.3. The van der Waals surface area contributed by atoms with Gasteiger partial charge in [-0.25, -0.2) is 0 Å². The first-order valence-corrected chi connectivity index (χ1v) is 36.0. The van der Waals surface area contributed by atoms with Gasteiger partial charge in [-0.1, -0.05) is 336 Å². The zero-order valence-electron chi connectivity index (χ0n) is 55.0. The van der Waals surface area contributed by atoms with Gasteiger partial charge in [-0.15, -0.1) is 0 Å². The van der Waals surface area contributed by atoms with Gasteiger partial charge < -0.3 is 29.3 Å². The molecule has 0 aliphatic heterocycles. The van der Waals surface area contributed by atoms with Crippen LogP contribution in [0.3, 0.4) is 0 Å². The van der Waals surface area contributed by atoms with E-state index in [2.05, 4.69) is 27.7 Å². The molecule has 0 N–H and O–H groups in total. The number of esters is 2. The van der Waals surface area contributed by atoms with E-state index in [0.717, 1.165) is 103 Å². The number of rotatable bonds is 66. The molecule has 9 heteroatoms. The molecule has 0 amide bonds. The van der Waals surface area contributed by atoms with E-state index in [0.29, 0.717) is 12.8 Å². The van der Waals surface area contributed by atoms with Gasteiger partial charge in [-0.3, -0.25) is 9.59 Å². The minimum absolute atomic E-state index is 0. The number of aliphatic carboxylic acids is 2. The number of carboxylic acids is 2. The summed E-state index contributed by atoms with van der Waals surface area (Å²) in [6.07, 6.45) is 74.7. The second-order valence-electron chi connectivity index (χ2n) is 24.7. The molecule has 0 rings (SSSR count). The maximum Gasteiger partial charge on any atom is 2.00 e. The van der Waals surface area contributed by atoms with Crippen molar-refractivity contribution in [1.82, 2.24) is 0 Å². The Morgan fingerprint density at radius 1 is 0.247 bits per heavy atom. The SMILES string of the molecule is CCCCCCCCCCCCCCCCCC(=O)OC(CC)CCCCCCCCCCCCCCC(=O)[O-].CCCCCCCCCCCCCCCCCC(=O)OC(CC)CCCCCCCCCCCCCCC(=O)[O-].[Zn+2]. The summed E-state index contributed by atoms with van der Waals surface area (Å²) in [5.74, 6) is -1.81. The standard InChI is InChI=1S/2C36H70O4.Zn/c2*1-3-5-6-7-8-9-10-11-12-13-18-21-24-27-30-33-36(39)40-34(4-2)31-28-25-22-19-16-14-15-17-20-23-26-29-32-35(37)38;/h2*34H,3-33H2,1-2H3,(H,37,38);/q;;+2/p-2. The van der Waals surface area contributed by atoms with Gasteiger partial charge >= 0.3 is 31.4 Å². The van der Waals surface area contributed by atoms with Crippen LogP contribution >= 0.6 is 0 Å². The Morgan fingerprint density at radius 3 is 0.580 bits per heavy atom. The van der Waals surface area contributed by atoms with Crippen molar-refractivity contribution >= 4 is 23.9 Å². The van der Waals surface area contributed by atoms with E-state index in [9.17, 15) is 29.4 Å². The van der Waals surface area contributed by atoms with Crippen molar-refractivity contribution in [3.8, 4) is 0 Å². The molecule has 0 aliphatic carbocycles. The van der Waals surface area contributed by atoms with Crippen molar-refractivity contribution in [1.29, 1.82) is 0 Å². The minimum Gasteiger partial charge on any atom is -0.550 e. The molecule has 0 aromatic carbocycles. The Kier molecular flexibility index (Phi) is 75.2. The molecule has 8 nitrogen and oxygen atoms in total. The second-order valence-corrected chi connectivity index (χ2v) is 24.7. The Bertz CT molecular complexity index is 1170. The van der Waals surface area contributed by atoms with Crippen LogP contribution in [-0.2, 0) is 48.1 Å². The van der Waals surface area contributed by atoms with Crippen LogP contribution in [0.1, 0.15) is 426 Å². The number of carbonyl (C=O) groups is 4. The predicted molar refractivity (Wildman–Crippen MR) is 339 cm³/mol. The predicted octanol–water partition coefficient (Wildman–Crippen LogP) is 21.6. The maximum atomic E-state index is 12.3. The average Bonchev–Trinajstić information content (AvgIpc) is 3.44. The summed E-state index contributed by atoms with van der Waals surface area (Å²) in [6, 6.07) is 0. The first-order valence-electron chi connectivity index (χ1n) is 36.0. The molecule has 0 aromatic rings. The fraction of sp³-hybridized carbons (Fsp3) is 0.944. The molecular formula is C72H138O8Zn. The average molecular weight is 1200 g/mol. The summed E-state index contributed by atoms with van der Waals surface area (Å²) >= 11 is 0. The zero-order chi connectivity index (χ0) is 58.7.